The van der Waals surface area contributed by atoms with Gasteiger partial charge in [-0.15, -0.1) is 6.58 Å². The van der Waals surface area contributed by atoms with E-state index in [1.165, 1.54) is 12.1 Å². The molecule has 1 fully saturated rings. The first-order valence-electron chi connectivity index (χ1n) is 6.34. The summed E-state index contributed by atoms with van der Waals surface area (Å²) in [5, 5.41) is 10.7. The largest absolute Gasteiger partial charge is 0.269 e. The van der Waals surface area contributed by atoms with Crippen LogP contribution in [-0.2, 0) is 11.0 Å². The first kappa shape index (κ1) is 14.9. The minimum atomic E-state index is -1.12. The summed E-state index contributed by atoms with van der Waals surface area (Å²) in [4.78, 5) is 10.2. The van der Waals surface area contributed by atoms with Gasteiger partial charge in [-0.3, -0.25) is 10.1 Å². The first-order valence-corrected chi connectivity index (χ1v) is 7.45. The Morgan fingerprint density at radius 3 is 2.30 bits per heavy atom. The van der Waals surface area contributed by atoms with E-state index in [1.807, 2.05) is 25.1 Å². The van der Waals surface area contributed by atoms with Gasteiger partial charge in [0.25, 0.3) is 5.69 Å². The molecule has 0 aromatic heterocycles. The maximum absolute atomic E-state index is 12.4. The Morgan fingerprint density at radius 2 is 1.90 bits per heavy atom. The molecule has 0 bridgehead atoms. The van der Waals surface area contributed by atoms with Crippen LogP contribution in [0.15, 0.2) is 36.9 Å². The molecule has 0 N–H and O–H groups in total. The fraction of sp³-hybridized carbons (Fsp3) is 0.429. The van der Waals surface area contributed by atoms with E-state index in [0.717, 1.165) is 5.56 Å². The average Bonchev–Trinajstić information content (AvgIpc) is 3.10. The van der Waals surface area contributed by atoms with Crippen LogP contribution in [0.3, 0.4) is 0 Å². The summed E-state index contributed by atoms with van der Waals surface area (Å²) in [5.41, 5.74) is 0.992. The van der Waals surface area contributed by atoms with Gasteiger partial charge in [0.05, 0.1) is 21.8 Å². The van der Waals surface area contributed by atoms with E-state index >= 15 is 0 Å². The number of benzene rings is 1. The average molecular weight is 294 g/mol. The van der Waals surface area contributed by atoms with Crippen molar-refractivity contribution in [3.05, 3.63) is 52.6 Å². The van der Waals surface area contributed by atoms with Crippen molar-refractivity contribution in [2.75, 3.05) is 0 Å². The summed E-state index contributed by atoms with van der Waals surface area (Å²) in [6.07, 6.45) is 1.77. The van der Waals surface area contributed by atoms with Crippen molar-refractivity contribution in [3.63, 3.8) is 0 Å². The highest BCUT2D eigenvalue weighted by molar-refractivity contribution is 7.84. The van der Waals surface area contributed by atoms with Crippen molar-refractivity contribution in [1.82, 2.24) is 4.31 Å². The number of hydrogen-bond donors (Lipinski definition) is 0. The Balaban J connectivity index is 2.23. The third kappa shape index (κ3) is 2.66. The zero-order valence-corrected chi connectivity index (χ0v) is 12.6. The Hall–Kier alpha value is -1.53. The molecule has 1 heterocycles. The van der Waals surface area contributed by atoms with Crippen LogP contribution in [0, 0.1) is 10.1 Å². The van der Waals surface area contributed by atoms with E-state index < -0.39 is 15.9 Å². The summed E-state index contributed by atoms with van der Waals surface area (Å²) < 4.78 is 14.0. The summed E-state index contributed by atoms with van der Waals surface area (Å²) in [7, 11) is -1.12. The Labute approximate surface area is 121 Å². The van der Waals surface area contributed by atoms with Gasteiger partial charge in [0.15, 0.2) is 0 Å². The van der Waals surface area contributed by atoms with Crippen molar-refractivity contribution in [2.24, 2.45) is 0 Å². The lowest BCUT2D eigenvalue weighted by atomic mass is 10.1. The minimum Gasteiger partial charge on any atom is -0.258 e. The molecule has 1 aromatic rings. The van der Waals surface area contributed by atoms with Crippen LogP contribution in [0.5, 0.6) is 0 Å². The Morgan fingerprint density at radius 1 is 1.35 bits per heavy atom. The number of hydrogen-bond acceptors (Lipinski definition) is 3. The lowest BCUT2D eigenvalue weighted by Gasteiger charge is -2.18. The molecule has 1 aromatic carbocycles. The first-order chi connectivity index (χ1) is 9.27. The van der Waals surface area contributed by atoms with Gasteiger partial charge < -0.3 is 0 Å². The van der Waals surface area contributed by atoms with Crippen molar-refractivity contribution in [1.29, 1.82) is 0 Å². The van der Waals surface area contributed by atoms with Gasteiger partial charge in [0.1, 0.15) is 11.0 Å². The summed E-state index contributed by atoms with van der Waals surface area (Å²) in [6.45, 7) is 9.55. The smallest absolute Gasteiger partial charge is 0.258 e. The fourth-order valence-electron chi connectivity index (χ4n) is 2.13. The quantitative estimate of drug-likeness (QED) is 0.371. The van der Waals surface area contributed by atoms with Crippen molar-refractivity contribution in [3.8, 4) is 0 Å². The topological polar surface area (TPSA) is 63.2 Å². The van der Waals surface area contributed by atoms with Gasteiger partial charge in [-0.2, -0.15) is 0 Å². The molecule has 1 aliphatic rings. The third-order valence-electron chi connectivity index (χ3n) is 3.20. The lowest BCUT2D eigenvalue weighted by Crippen LogP contribution is -2.28. The number of non-ortho nitro benzene ring substituents is 1. The second-order valence-corrected chi connectivity index (χ2v) is 7.89. The molecular weight excluding hydrogens is 276 g/mol. The van der Waals surface area contributed by atoms with Crippen molar-refractivity contribution >= 4 is 16.7 Å². The molecule has 5 nitrogen and oxygen atoms in total. The Bertz CT molecular complexity index is 563. The maximum atomic E-state index is 12.4. The third-order valence-corrected chi connectivity index (χ3v) is 5.11. The van der Waals surface area contributed by atoms with Gasteiger partial charge in [-0.1, -0.05) is 18.2 Å². The number of nitro groups is 1. The van der Waals surface area contributed by atoms with Gasteiger partial charge >= 0.3 is 0 Å². The minimum absolute atomic E-state index is 0.00615. The zero-order chi connectivity index (χ0) is 15.1. The van der Waals surface area contributed by atoms with Crippen LogP contribution >= 0.6 is 0 Å². The SMILES string of the molecule is C=CC1[C@H](c2ccc([N+](=O)[O-])cc2)N1[S@@](=O)C(C)(C)C. The van der Waals surface area contributed by atoms with Crippen molar-refractivity contribution in [2.45, 2.75) is 37.6 Å². The van der Waals surface area contributed by atoms with Gasteiger partial charge in [0, 0.05) is 12.1 Å². The highest BCUT2D eigenvalue weighted by atomic mass is 32.2. The maximum Gasteiger partial charge on any atom is 0.269 e. The number of nitrogens with zero attached hydrogens (tertiary/aromatic N) is 2. The number of nitro benzene ring substituents is 1. The monoisotopic (exact) mass is 294 g/mol. The molecule has 0 aliphatic carbocycles. The fourth-order valence-corrected chi connectivity index (χ4v) is 3.58. The van der Waals surface area contributed by atoms with E-state index in [-0.39, 0.29) is 22.5 Å². The zero-order valence-electron chi connectivity index (χ0n) is 11.8. The molecule has 20 heavy (non-hydrogen) atoms. The molecule has 0 saturated carbocycles. The highest BCUT2D eigenvalue weighted by Gasteiger charge is 2.52. The molecule has 2 unspecified atom stereocenters. The molecule has 0 amide bonds. The Kier molecular flexibility index (Phi) is 3.80. The van der Waals surface area contributed by atoms with Crippen LogP contribution in [0.25, 0.3) is 0 Å². The van der Waals surface area contributed by atoms with E-state index in [0.29, 0.717) is 0 Å². The van der Waals surface area contributed by atoms with Crippen LogP contribution in [-0.4, -0.2) is 24.2 Å². The standard InChI is InChI=1S/C14H18N2O3S/c1-5-12-13(15(12)20(19)14(2,3)4)10-6-8-11(9-7-10)16(17)18/h5-9,12-13H,1H2,2-4H3/t12?,13-,15?,20-/m0/s1. The highest BCUT2D eigenvalue weighted by Crippen LogP contribution is 2.47. The summed E-state index contributed by atoms with van der Waals surface area (Å²) >= 11 is 0. The second-order valence-electron chi connectivity index (χ2n) is 5.74. The predicted molar refractivity (Wildman–Crippen MR) is 79.6 cm³/mol. The lowest BCUT2D eigenvalue weighted by molar-refractivity contribution is -0.384. The van der Waals surface area contributed by atoms with E-state index in [9.17, 15) is 14.3 Å². The van der Waals surface area contributed by atoms with Crippen LogP contribution < -0.4 is 0 Å². The summed E-state index contributed by atoms with van der Waals surface area (Å²) in [6, 6.07) is 6.42. The second kappa shape index (κ2) is 5.10. The van der Waals surface area contributed by atoms with Crippen LogP contribution in [0.2, 0.25) is 0 Å². The molecule has 1 aliphatic heterocycles. The van der Waals surface area contributed by atoms with E-state index in [2.05, 4.69) is 6.58 Å². The van der Waals surface area contributed by atoms with E-state index in [1.54, 1.807) is 18.2 Å². The molecule has 4 atom stereocenters. The molecule has 0 spiro atoms. The molecule has 0 radical (unpaired) electrons. The molecule has 6 heteroatoms. The van der Waals surface area contributed by atoms with E-state index in [4.69, 9.17) is 0 Å². The molecular formula is C14H18N2O3S. The van der Waals surface area contributed by atoms with Gasteiger partial charge in [0.2, 0.25) is 0 Å². The molecule has 2 rings (SSSR count). The van der Waals surface area contributed by atoms with Gasteiger partial charge in [-0.25, -0.2) is 8.51 Å². The van der Waals surface area contributed by atoms with Crippen LogP contribution in [0.4, 0.5) is 5.69 Å². The predicted octanol–water partition coefficient (Wildman–Crippen LogP) is 2.97. The summed E-state index contributed by atoms with van der Waals surface area (Å²) in [5.74, 6) is 0. The van der Waals surface area contributed by atoms with Crippen molar-refractivity contribution < 1.29 is 9.13 Å². The van der Waals surface area contributed by atoms with Crippen LogP contribution in [0.1, 0.15) is 32.4 Å². The van der Waals surface area contributed by atoms with Gasteiger partial charge in [-0.05, 0) is 26.3 Å². The normalized spacial score (nSPS) is 26.9. The molecule has 1 saturated heterocycles. The number of rotatable bonds is 4. The molecule has 108 valence electrons.